The average Bonchev–Trinajstić information content (AvgIpc) is 2.72. The number of carbonyl (C=O) groups excluding carboxylic acids is 1. The minimum Gasteiger partial charge on any atom is -0.497 e. The van der Waals surface area contributed by atoms with Crippen molar-refractivity contribution in [3.63, 3.8) is 0 Å². The van der Waals surface area contributed by atoms with Gasteiger partial charge in [-0.25, -0.2) is 9.97 Å². The number of nitrogens with zero attached hydrogens (tertiary/aromatic N) is 2. The molecule has 28 heavy (non-hydrogen) atoms. The van der Waals surface area contributed by atoms with Crippen LogP contribution in [0.3, 0.4) is 0 Å². The number of benzene rings is 2. The summed E-state index contributed by atoms with van der Waals surface area (Å²) in [5, 5.41) is 6.11. The van der Waals surface area contributed by atoms with E-state index in [2.05, 4.69) is 20.6 Å². The van der Waals surface area contributed by atoms with Crippen molar-refractivity contribution in [2.45, 2.75) is 20.3 Å². The van der Waals surface area contributed by atoms with Crippen LogP contribution in [0.4, 0.5) is 11.5 Å². The Kier molecular flexibility index (Phi) is 6.22. The lowest BCUT2D eigenvalue weighted by Crippen LogP contribution is -2.15. The molecule has 6 nitrogen and oxygen atoms in total. The average molecular weight is 376 g/mol. The minimum atomic E-state index is -0.272. The Morgan fingerprint density at radius 2 is 1.82 bits per heavy atom. The van der Waals surface area contributed by atoms with Gasteiger partial charge in [0.2, 0.25) is 0 Å². The fourth-order valence-electron chi connectivity index (χ4n) is 2.74. The van der Waals surface area contributed by atoms with Crippen LogP contribution in [-0.2, 0) is 6.42 Å². The van der Waals surface area contributed by atoms with Gasteiger partial charge in [0.25, 0.3) is 5.91 Å². The molecule has 144 valence electrons. The Labute approximate surface area is 165 Å². The van der Waals surface area contributed by atoms with Gasteiger partial charge in [-0.15, -0.1) is 0 Å². The summed E-state index contributed by atoms with van der Waals surface area (Å²) in [5.41, 5.74) is 4.43. The van der Waals surface area contributed by atoms with Gasteiger partial charge in [0.05, 0.1) is 19.5 Å². The summed E-state index contributed by atoms with van der Waals surface area (Å²) in [7, 11) is 1.65. The number of methoxy groups -OCH3 is 1. The molecule has 0 unspecified atom stereocenters. The van der Waals surface area contributed by atoms with Crippen LogP contribution in [0.2, 0.25) is 0 Å². The normalized spacial score (nSPS) is 10.4. The van der Waals surface area contributed by atoms with E-state index in [1.807, 2.05) is 56.3 Å². The van der Waals surface area contributed by atoms with Crippen LogP contribution < -0.4 is 15.4 Å². The van der Waals surface area contributed by atoms with Crippen molar-refractivity contribution in [3.05, 3.63) is 77.2 Å². The van der Waals surface area contributed by atoms with Crippen LogP contribution in [0, 0.1) is 13.8 Å². The predicted molar refractivity (Wildman–Crippen MR) is 111 cm³/mol. The molecule has 0 bridgehead atoms. The molecule has 0 aliphatic carbocycles. The van der Waals surface area contributed by atoms with E-state index < -0.39 is 0 Å². The summed E-state index contributed by atoms with van der Waals surface area (Å²) in [6.07, 6.45) is 3.91. The van der Waals surface area contributed by atoms with E-state index in [1.165, 1.54) is 11.8 Å². The van der Waals surface area contributed by atoms with Crippen molar-refractivity contribution >= 4 is 17.4 Å². The molecule has 3 aromatic rings. The fraction of sp³-hybridized carbons (Fsp3) is 0.227. The van der Waals surface area contributed by atoms with Crippen LogP contribution in [-0.4, -0.2) is 29.5 Å². The number of amides is 1. The fourth-order valence-corrected chi connectivity index (χ4v) is 2.74. The molecule has 1 amide bonds. The number of carbonyl (C=O) groups is 1. The van der Waals surface area contributed by atoms with Crippen LogP contribution in [0.15, 0.2) is 54.9 Å². The smallest absolute Gasteiger partial charge is 0.275 e. The third-order valence-electron chi connectivity index (χ3n) is 4.62. The molecule has 0 aliphatic heterocycles. The zero-order valence-corrected chi connectivity index (χ0v) is 16.3. The van der Waals surface area contributed by atoms with Gasteiger partial charge in [-0.1, -0.05) is 24.3 Å². The number of hydrogen-bond acceptors (Lipinski definition) is 5. The van der Waals surface area contributed by atoms with E-state index in [0.29, 0.717) is 5.82 Å². The highest BCUT2D eigenvalue weighted by Crippen LogP contribution is 2.18. The number of hydrogen-bond donors (Lipinski definition) is 2. The van der Waals surface area contributed by atoms with Crippen molar-refractivity contribution in [2.24, 2.45) is 0 Å². The highest BCUT2D eigenvalue weighted by Gasteiger charge is 2.10. The number of aromatic nitrogens is 2. The van der Waals surface area contributed by atoms with Crippen LogP contribution in [0.25, 0.3) is 0 Å². The monoisotopic (exact) mass is 376 g/mol. The summed E-state index contributed by atoms with van der Waals surface area (Å²) >= 11 is 0. The van der Waals surface area contributed by atoms with E-state index in [0.717, 1.165) is 35.5 Å². The van der Waals surface area contributed by atoms with Crippen molar-refractivity contribution in [2.75, 3.05) is 24.3 Å². The molecule has 0 aliphatic rings. The molecule has 3 rings (SSSR count). The summed E-state index contributed by atoms with van der Waals surface area (Å²) in [6.45, 7) is 4.71. The lowest BCUT2D eigenvalue weighted by Gasteiger charge is -2.10. The third-order valence-corrected chi connectivity index (χ3v) is 4.62. The number of nitrogens with one attached hydrogen (secondary N) is 2. The van der Waals surface area contributed by atoms with Crippen molar-refractivity contribution in [3.8, 4) is 5.75 Å². The zero-order chi connectivity index (χ0) is 19.9. The summed E-state index contributed by atoms with van der Waals surface area (Å²) < 4.78 is 5.16. The molecule has 6 heteroatoms. The van der Waals surface area contributed by atoms with Crippen LogP contribution >= 0.6 is 0 Å². The second kappa shape index (κ2) is 8.99. The van der Waals surface area contributed by atoms with Gasteiger partial charge >= 0.3 is 0 Å². The third kappa shape index (κ3) is 4.85. The lowest BCUT2D eigenvalue weighted by atomic mass is 10.1. The maximum Gasteiger partial charge on any atom is 0.275 e. The standard InChI is InChI=1S/C22H24N4O2/c1-15-5-4-6-19(16(15)2)26-22(27)20-13-25-21(14-24-20)23-12-11-17-7-9-18(28-3)10-8-17/h4-10,13-14H,11-12H2,1-3H3,(H,23,25)(H,26,27). The van der Waals surface area contributed by atoms with Gasteiger partial charge in [0, 0.05) is 12.2 Å². The molecule has 2 aromatic carbocycles. The highest BCUT2D eigenvalue weighted by molar-refractivity contribution is 6.03. The predicted octanol–water partition coefficient (Wildman–Crippen LogP) is 4.01. The summed E-state index contributed by atoms with van der Waals surface area (Å²) in [4.78, 5) is 20.9. The number of aryl methyl sites for hydroxylation is 1. The molecular weight excluding hydrogens is 352 g/mol. The molecule has 0 saturated carbocycles. The Morgan fingerprint density at radius 3 is 2.50 bits per heavy atom. The number of rotatable bonds is 7. The largest absolute Gasteiger partial charge is 0.497 e. The van der Waals surface area contributed by atoms with E-state index in [9.17, 15) is 4.79 Å². The van der Waals surface area contributed by atoms with Gasteiger partial charge in [0.15, 0.2) is 0 Å². The van der Waals surface area contributed by atoms with Gasteiger partial charge in [-0.05, 0) is 55.2 Å². The molecular formula is C22H24N4O2. The maximum absolute atomic E-state index is 12.4. The lowest BCUT2D eigenvalue weighted by molar-refractivity contribution is 0.102. The summed E-state index contributed by atoms with van der Waals surface area (Å²) in [5.74, 6) is 1.21. The Balaban J connectivity index is 1.53. The molecule has 0 atom stereocenters. The highest BCUT2D eigenvalue weighted by atomic mass is 16.5. The van der Waals surface area contributed by atoms with E-state index >= 15 is 0 Å². The molecule has 0 radical (unpaired) electrons. The molecule has 0 spiro atoms. The van der Waals surface area contributed by atoms with Crippen LogP contribution in [0.5, 0.6) is 5.75 Å². The van der Waals surface area contributed by atoms with Crippen molar-refractivity contribution in [1.82, 2.24) is 9.97 Å². The van der Waals surface area contributed by atoms with Gasteiger partial charge in [-0.2, -0.15) is 0 Å². The number of ether oxygens (including phenoxy) is 1. The first-order valence-corrected chi connectivity index (χ1v) is 9.13. The molecule has 2 N–H and O–H groups in total. The van der Waals surface area contributed by atoms with E-state index in [4.69, 9.17) is 4.74 Å². The SMILES string of the molecule is COc1ccc(CCNc2cnc(C(=O)Nc3cccc(C)c3C)cn2)cc1. The molecule has 1 heterocycles. The first-order valence-electron chi connectivity index (χ1n) is 9.13. The molecule has 0 fully saturated rings. The van der Waals surface area contributed by atoms with E-state index in [-0.39, 0.29) is 11.6 Å². The zero-order valence-electron chi connectivity index (χ0n) is 16.3. The Bertz CT molecular complexity index is 938. The Hall–Kier alpha value is -3.41. The maximum atomic E-state index is 12.4. The quantitative estimate of drug-likeness (QED) is 0.652. The van der Waals surface area contributed by atoms with Crippen LogP contribution in [0.1, 0.15) is 27.2 Å². The van der Waals surface area contributed by atoms with Crippen molar-refractivity contribution < 1.29 is 9.53 Å². The first-order chi connectivity index (χ1) is 13.6. The topological polar surface area (TPSA) is 76.1 Å². The van der Waals surface area contributed by atoms with Gasteiger partial charge in [0.1, 0.15) is 17.3 Å². The Morgan fingerprint density at radius 1 is 1.04 bits per heavy atom. The molecule has 0 saturated heterocycles. The second-order valence-corrected chi connectivity index (χ2v) is 6.51. The first kappa shape index (κ1) is 19.4. The van der Waals surface area contributed by atoms with Gasteiger partial charge < -0.3 is 15.4 Å². The second-order valence-electron chi connectivity index (χ2n) is 6.51. The number of anilines is 2. The van der Waals surface area contributed by atoms with Gasteiger partial charge in [-0.3, -0.25) is 4.79 Å². The summed E-state index contributed by atoms with van der Waals surface area (Å²) in [6, 6.07) is 13.8. The molecule has 1 aromatic heterocycles. The van der Waals surface area contributed by atoms with Crippen molar-refractivity contribution in [1.29, 1.82) is 0 Å². The van der Waals surface area contributed by atoms with E-state index in [1.54, 1.807) is 13.3 Å². The minimum absolute atomic E-state index is 0.272.